The fraction of sp³-hybridized carbons (Fsp3) is 0.0769. The summed E-state index contributed by atoms with van der Waals surface area (Å²) in [5.41, 5.74) is 2.26. The van der Waals surface area contributed by atoms with E-state index in [-0.39, 0.29) is 5.69 Å². The van der Waals surface area contributed by atoms with Gasteiger partial charge in [0.05, 0.1) is 22.9 Å². The highest BCUT2D eigenvalue weighted by atomic mass is 16.1. The van der Waals surface area contributed by atoms with Crippen molar-refractivity contribution in [3.05, 3.63) is 53.1 Å². The Bertz CT molecular complexity index is 740. The Morgan fingerprint density at radius 2 is 2.06 bits per heavy atom. The molecule has 0 amide bonds. The molecule has 0 aliphatic carbocycles. The predicted molar refractivity (Wildman–Crippen MR) is 71.2 cm³/mol. The van der Waals surface area contributed by atoms with Crippen molar-refractivity contribution in [2.75, 3.05) is 12.4 Å². The Hall–Kier alpha value is -2.56. The van der Waals surface area contributed by atoms with E-state index in [2.05, 4.69) is 15.3 Å². The summed E-state index contributed by atoms with van der Waals surface area (Å²) in [6, 6.07) is 11.3. The molecule has 0 atom stereocenters. The molecule has 0 saturated carbocycles. The van der Waals surface area contributed by atoms with Gasteiger partial charge >= 0.3 is 5.69 Å². The summed E-state index contributed by atoms with van der Waals surface area (Å²) in [4.78, 5) is 19.0. The second-order valence-electron chi connectivity index (χ2n) is 3.93. The standard InChI is InChI=1S/C13H12N4O/c1-14-12-7-6-9(8-15-12)17-11-5-3-2-4-10(11)16-13(17)18/h2-8H,1H3,(H,14,15)(H,16,18). The maximum absolute atomic E-state index is 12.0. The molecule has 0 saturated heterocycles. The van der Waals surface area contributed by atoms with Crippen molar-refractivity contribution < 1.29 is 0 Å². The number of pyridine rings is 1. The molecule has 0 unspecified atom stereocenters. The maximum atomic E-state index is 12.0. The summed E-state index contributed by atoms with van der Waals surface area (Å²) in [6.45, 7) is 0. The number of benzene rings is 1. The third-order valence-electron chi connectivity index (χ3n) is 2.85. The molecule has 1 aromatic carbocycles. The van der Waals surface area contributed by atoms with E-state index >= 15 is 0 Å². The Kier molecular flexibility index (Phi) is 2.37. The van der Waals surface area contributed by atoms with Crippen LogP contribution >= 0.6 is 0 Å². The summed E-state index contributed by atoms with van der Waals surface area (Å²) < 4.78 is 1.61. The van der Waals surface area contributed by atoms with Crippen molar-refractivity contribution in [1.82, 2.24) is 14.5 Å². The van der Waals surface area contributed by atoms with Crippen LogP contribution in [0, 0.1) is 0 Å². The molecular weight excluding hydrogens is 228 g/mol. The minimum atomic E-state index is -0.157. The molecule has 2 aromatic heterocycles. The third kappa shape index (κ3) is 1.57. The number of aromatic nitrogens is 3. The normalized spacial score (nSPS) is 10.7. The number of nitrogens with one attached hydrogen (secondary N) is 2. The number of nitrogens with zero attached hydrogens (tertiary/aromatic N) is 2. The first-order chi connectivity index (χ1) is 8.79. The lowest BCUT2D eigenvalue weighted by Gasteiger charge is -2.04. The Labute approximate surface area is 103 Å². The van der Waals surface area contributed by atoms with Crippen LogP contribution in [0.3, 0.4) is 0 Å². The van der Waals surface area contributed by atoms with Gasteiger partial charge in [-0.1, -0.05) is 12.1 Å². The van der Waals surface area contributed by atoms with Crippen molar-refractivity contribution in [3.63, 3.8) is 0 Å². The van der Waals surface area contributed by atoms with Crippen molar-refractivity contribution >= 4 is 16.9 Å². The summed E-state index contributed by atoms with van der Waals surface area (Å²) in [5, 5.41) is 2.94. The fourth-order valence-electron chi connectivity index (χ4n) is 1.98. The molecule has 2 N–H and O–H groups in total. The maximum Gasteiger partial charge on any atom is 0.331 e. The lowest BCUT2D eigenvalue weighted by molar-refractivity contribution is 1.00. The van der Waals surface area contributed by atoms with E-state index in [4.69, 9.17) is 0 Å². The van der Waals surface area contributed by atoms with Crippen LogP contribution in [0.25, 0.3) is 16.7 Å². The molecule has 0 aliphatic heterocycles. The van der Waals surface area contributed by atoms with Gasteiger partial charge in [-0.2, -0.15) is 0 Å². The second-order valence-corrected chi connectivity index (χ2v) is 3.93. The molecule has 18 heavy (non-hydrogen) atoms. The molecule has 3 rings (SSSR count). The smallest absolute Gasteiger partial charge is 0.331 e. The van der Waals surface area contributed by atoms with E-state index in [0.29, 0.717) is 0 Å². The van der Waals surface area contributed by atoms with E-state index in [0.717, 1.165) is 22.5 Å². The molecule has 5 heteroatoms. The number of aromatic amines is 1. The number of imidazole rings is 1. The second kappa shape index (κ2) is 4.03. The van der Waals surface area contributed by atoms with Crippen molar-refractivity contribution in [3.8, 4) is 5.69 Å². The molecule has 2 heterocycles. The van der Waals surface area contributed by atoms with Gasteiger partial charge in [0, 0.05) is 7.05 Å². The lowest BCUT2D eigenvalue weighted by Crippen LogP contribution is -2.14. The van der Waals surface area contributed by atoms with E-state index in [9.17, 15) is 4.79 Å². The van der Waals surface area contributed by atoms with Gasteiger partial charge in [-0.05, 0) is 24.3 Å². The van der Waals surface area contributed by atoms with Gasteiger partial charge in [0.25, 0.3) is 0 Å². The molecule has 0 spiro atoms. The topological polar surface area (TPSA) is 62.7 Å². The largest absolute Gasteiger partial charge is 0.373 e. The van der Waals surface area contributed by atoms with Gasteiger partial charge in [-0.25, -0.2) is 9.78 Å². The minimum Gasteiger partial charge on any atom is -0.373 e. The average molecular weight is 240 g/mol. The number of hydrogen-bond donors (Lipinski definition) is 2. The molecule has 5 nitrogen and oxygen atoms in total. The van der Waals surface area contributed by atoms with Crippen LogP contribution in [0.15, 0.2) is 47.4 Å². The SMILES string of the molecule is CNc1ccc(-n2c(=O)[nH]c3ccccc32)cn1. The van der Waals surface area contributed by atoms with Crippen molar-refractivity contribution in [1.29, 1.82) is 0 Å². The quantitative estimate of drug-likeness (QED) is 0.717. The molecule has 3 aromatic rings. The van der Waals surface area contributed by atoms with Crippen LogP contribution in [0.1, 0.15) is 0 Å². The zero-order valence-corrected chi connectivity index (χ0v) is 9.84. The molecule has 0 fully saturated rings. The highest BCUT2D eigenvalue weighted by Gasteiger charge is 2.07. The van der Waals surface area contributed by atoms with Gasteiger partial charge < -0.3 is 10.3 Å². The summed E-state index contributed by atoms with van der Waals surface area (Å²) in [6.07, 6.45) is 1.67. The van der Waals surface area contributed by atoms with E-state index in [1.807, 2.05) is 36.4 Å². The Balaban J connectivity index is 2.24. The zero-order valence-electron chi connectivity index (χ0n) is 9.84. The summed E-state index contributed by atoms with van der Waals surface area (Å²) in [5.74, 6) is 0.770. The van der Waals surface area contributed by atoms with Gasteiger partial charge in [0.1, 0.15) is 5.82 Å². The first-order valence-corrected chi connectivity index (χ1v) is 5.63. The first kappa shape index (κ1) is 10.6. The number of H-pyrrole nitrogens is 1. The highest BCUT2D eigenvalue weighted by molar-refractivity contribution is 5.77. The van der Waals surface area contributed by atoms with Gasteiger partial charge in [0.2, 0.25) is 0 Å². The van der Waals surface area contributed by atoms with Crippen LogP contribution in [0.4, 0.5) is 5.82 Å². The van der Waals surface area contributed by atoms with Gasteiger partial charge in [0.15, 0.2) is 0 Å². The zero-order chi connectivity index (χ0) is 12.5. The number of fused-ring (bicyclic) bond motifs is 1. The van der Waals surface area contributed by atoms with Crippen molar-refractivity contribution in [2.24, 2.45) is 0 Å². The number of anilines is 1. The number of para-hydroxylation sites is 2. The summed E-state index contributed by atoms with van der Waals surface area (Å²) >= 11 is 0. The van der Waals surface area contributed by atoms with Crippen LogP contribution < -0.4 is 11.0 Å². The van der Waals surface area contributed by atoms with Gasteiger partial charge in [-0.3, -0.25) is 4.57 Å². The molecule has 0 aliphatic rings. The van der Waals surface area contributed by atoms with Crippen molar-refractivity contribution in [2.45, 2.75) is 0 Å². The molecule has 0 bridgehead atoms. The molecule has 0 radical (unpaired) electrons. The minimum absolute atomic E-state index is 0.157. The number of hydrogen-bond acceptors (Lipinski definition) is 3. The third-order valence-corrected chi connectivity index (χ3v) is 2.85. The first-order valence-electron chi connectivity index (χ1n) is 5.63. The van der Waals surface area contributed by atoms with Gasteiger partial charge in [-0.15, -0.1) is 0 Å². The lowest BCUT2D eigenvalue weighted by atomic mass is 10.3. The molecular formula is C13H12N4O. The van der Waals surface area contributed by atoms with Crippen LogP contribution in [-0.4, -0.2) is 21.6 Å². The number of rotatable bonds is 2. The Morgan fingerprint density at radius 3 is 2.78 bits per heavy atom. The summed E-state index contributed by atoms with van der Waals surface area (Å²) in [7, 11) is 1.81. The van der Waals surface area contributed by atoms with E-state index < -0.39 is 0 Å². The van der Waals surface area contributed by atoms with E-state index in [1.54, 1.807) is 17.8 Å². The Morgan fingerprint density at radius 1 is 1.22 bits per heavy atom. The van der Waals surface area contributed by atoms with E-state index in [1.165, 1.54) is 0 Å². The average Bonchev–Trinajstić information content (AvgIpc) is 2.75. The monoisotopic (exact) mass is 240 g/mol. The fourth-order valence-corrected chi connectivity index (χ4v) is 1.98. The van der Waals surface area contributed by atoms with Crippen LogP contribution in [-0.2, 0) is 0 Å². The van der Waals surface area contributed by atoms with Crippen LogP contribution in [0.5, 0.6) is 0 Å². The highest BCUT2D eigenvalue weighted by Crippen LogP contribution is 2.15. The predicted octanol–water partition coefficient (Wildman–Crippen LogP) is 1.76. The molecule has 90 valence electrons. The van der Waals surface area contributed by atoms with Crippen LogP contribution in [0.2, 0.25) is 0 Å².